The van der Waals surface area contributed by atoms with Crippen molar-refractivity contribution < 1.29 is 4.79 Å². The molecule has 1 heterocycles. The molecule has 0 atom stereocenters. The monoisotopic (exact) mass is 472 g/mol. The van der Waals surface area contributed by atoms with E-state index in [2.05, 4.69) is 3.78 Å². The summed E-state index contributed by atoms with van der Waals surface area (Å²) in [6, 6.07) is 0. The van der Waals surface area contributed by atoms with Gasteiger partial charge in [-0.2, -0.15) is 0 Å². The molecule has 6 heavy (non-hydrogen) atoms. The van der Waals surface area contributed by atoms with E-state index in [1.807, 2.05) is 0 Å². The van der Waals surface area contributed by atoms with Crippen LogP contribution in [0.3, 0.4) is 0 Å². The summed E-state index contributed by atoms with van der Waals surface area (Å²) in [5, 5.41) is 0. The van der Waals surface area contributed by atoms with Crippen molar-refractivity contribution >= 4 is 41.8 Å². The Balaban J connectivity index is 2.57. The van der Waals surface area contributed by atoms with Gasteiger partial charge in [-0.25, -0.2) is 0 Å². The number of aldehydes is 1. The Labute approximate surface area is 53.0 Å². The standard InChI is InChI=1S/C3H2O.2Bi/c1-2-3-4;;/h1,3H;;. The van der Waals surface area contributed by atoms with Crippen molar-refractivity contribution in [2.45, 2.75) is 0 Å². The van der Waals surface area contributed by atoms with Crippen molar-refractivity contribution in [3.63, 3.8) is 0 Å². The van der Waals surface area contributed by atoms with Crippen molar-refractivity contribution in [2.24, 2.45) is 0 Å². The summed E-state index contributed by atoms with van der Waals surface area (Å²) in [6.07, 6.45) is 1.05. The van der Waals surface area contributed by atoms with Crippen molar-refractivity contribution in [2.75, 3.05) is 0 Å². The molecule has 3 heteroatoms. The van der Waals surface area contributed by atoms with Gasteiger partial charge in [0.2, 0.25) is 0 Å². The van der Waals surface area contributed by atoms with E-state index >= 15 is 0 Å². The van der Waals surface area contributed by atoms with E-state index in [4.69, 9.17) is 0 Å². The van der Waals surface area contributed by atoms with E-state index in [0.717, 1.165) is 6.29 Å². The van der Waals surface area contributed by atoms with Crippen LogP contribution in [0.25, 0.3) is 0 Å². The van der Waals surface area contributed by atoms with Crippen LogP contribution in [0.5, 0.6) is 0 Å². The van der Waals surface area contributed by atoms with Crippen molar-refractivity contribution in [3.8, 4) is 0 Å². The maximum absolute atomic E-state index is 9.79. The molecule has 1 nitrogen and oxygen atoms in total. The van der Waals surface area contributed by atoms with E-state index in [-0.39, 0.29) is 35.6 Å². The zero-order valence-electron chi connectivity index (χ0n) is 2.96. The van der Waals surface area contributed by atoms with Gasteiger partial charge in [0, 0.05) is 0 Å². The summed E-state index contributed by atoms with van der Waals surface area (Å²) in [6.45, 7) is 0. The number of hydrogen-bond donors (Lipinski definition) is 0. The molecule has 1 aliphatic rings. The van der Waals surface area contributed by atoms with Crippen LogP contribution in [0.2, 0.25) is 0 Å². The molecule has 0 aromatic heterocycles. The number of carbonyl (C=O) groups excluding carboxylic acids is 1. The van der Waals surface area contributed by atoms with Gasteiger partial charge in [0.25, 0.3) is 0 Å². The normalized spacial score (nSPS) is 15.7. The Bertz CT molecular complexity index is 121. The van der Waals surface area contributed by atoms with Gasteiger partial charge in [-0.05, 0) is 0 Å². The maximum atomic E-state index is 9.79. The predicted octanol–water partition coefficient (Wildman–Crippen LogP) is -0.636. The number of rotatable bonds is 1. The third-order valence-corrected chi connectivity index (χ3v) is 23.4. The summed E-state index contributed by atoms with van der Waals surface area (Å²) >= 11 is -0.0568. The first-order valence-corrected chi connectivity index (χ1v) is 20.4. The SMILES string of the molecule is O=C[C]1=[CH][Bi]=[Bi]1. The molecular weight excluding hydrogens is 470 g/mol. The molecule has 0 spiro atoms. The van der Waals surface area contributed by atoms with Crippen LogP contribution >= 0.6 is 0 Å². The van der Waals surface area contributed by atoms with Crippen molar-refractivity contribution in [1.82, 2.24) is 0 Å². The number of allylic oxidation sites excluding steroid dienone is 1. The summed E-state index contributed by atoms with van der Waals surface area (Å²) < 4.78 is 3.44. The zero-order valence-corrected chi connectivity index (χ0v) is 9.91. The van der Waals surface area contributed by atoms with Crippen LogP contribution in [-0.4, -0.2) is 41.8 Å². The first-order chi connectivity index (χ1) is 2.93. The Morgan fingerprint density at radius 2 is 2.50 bits per heavy atom. The molecule has 0 saturated heterocycles. The van der Waals surface area contributed by atoms with E-state index < -0.39 is 0 Å². The quantitative estimate of drug-likeness (QED) is 0.367. The van der Waals surface area contributed by atoms with Gasteiger partial charge in [-0.15, -0.1) is 0 Å². The van der Waals surface area contributed by atoms with Gasteiger partial charge in [-0.1, -0.05) is 0 Å². The third-order valence-electron chi connectivity index (χ3n) is 0.484. The molecule has 0 amide bonds. The first-order valence-electron chi connectivity index (χ1n) is 1.49. The fourth-order valence-electron chi connectivity index (χ4n) is 0.178. The minimum atomic E-state index is -0.105. The van der Waals surface area contributed by atoms with Crippen LogP contribution in [0.15, 0.2) is 7.06 Å². The second-order valence-corrected chi connectivity index (χ2v) is 20.3. The van der Waals surface area contributed by atoms with Crippen LogP contribution < -0.4 is 0 Å². The third kappa shape index (κ3) is 1.07. The molecule has 0 aromatic carbocycles. The Kier molecular flexibility index (Phi) is 2.19. The van der Waals surface area contributed by atoms with E-state index in [0.29, 0.717) is 0 Å². The first kappa shape index (κ1) is 5.32. The van der Waals surface area contributed by atoms with Gasteiger partial charge < -0.3 is 0 Å². The van der Waals surface area contributed by atoms with Crippen LogP contribution in [-0.2, 0) is 4.79 Å². The molecule has 0 radical (unpaired) electrons. The second-order valence-electron chi connectivity index (χ2n) is 0.887. The average molecular weight is 472 g/mol. The van der Waals surface area contributed by atoms with Crippen LogP contribution in [0.4, 0.5) is 0 Å². The van der Waals surface area contributed by atoms with Crippen LogP contribution in [0, 0.1) is 0 Å². The number of hydrogen-bond acceptors (Lipinski definition) is 1. The van der Waals surface area contributed by atoms with E-state index in [1.54, 1.807) is 0 Å². The zero-order chi connectivity index (χ0) is 4.41. The molecule has 0 unspecified atom stereocenters. The molecule has 0 bridgehead atoms. The van der Waals surface area contributed by atoms with Gasteiger partial charge >= 0.3 is 53.7 Å². The Morgan fingerprint density at radius 1 is 1.83 bits per heavy atom. The molecule has 0 N–H and O–H groups in total. The Hall–Kier alpha value is 1.18. The Morgan fingerprint density at radius 3 is 2.50 bits per heavy atom. The minimum absolute atomic E-state index is 0.0482. The molecule has 0 saturated carbocycles. The van der Waals surface area contributed by atoms with E-state index in [1.165, 1.54) is 3.28 Å². The fraction of sp³-hybridized carbons (Fsp3) is 0. The average Bonchev–Trinajstić information content (AvgIpc) is 1.31. The molecule has 1 rings (SSSR count). The van der Waals surface area contributed by atoms with E-state index in [9.17, 15) is 4.79 Å². The fourth-order valence-corrected chi connectivity index (χ4v) is 11.7. The van der Waals surface area contributed by atoms with Gasteiger partial charge in [0.15, 0.2) is 0 Å². The predicted molar refractivity (Wildman–Crippen MR) is 25.7 cm³/mol. The molecule has 1 aliphatic heterocycles. The summed E-state index contributed by atoms with van der Waals surface area (Å²) in [4.78, 5) is 9.79. The number of carbonyl (C=O) groups is 1. The molecule has 0 aliphatic carbocycles. The summed E-state index contributed by atoms with van der Waals surface area (Å²) in [5.74, 6) is 0. The van der Waals surface area contributed by atoms with Gasteiger partial charge in [0.1, 0.15) is 0 Å². The molecule has 30 valence electrons. The topological polar surface area (TPSA) is 17.1 Å². The summed E-state index contributed by atoms with van der Waals surface area (Å²) in [7, 11) is 0. The summed E-state index contributed by atoms with van der Waals surface area (Å²) in [5.41, 5.74) is 0. The van der Waals surface area contributed by atoms with Crippen molar-refractivity contribution in [1.29, 1.82) is 0 Å². The van der Waals surface area contributed by atoms with Gasteiger partial charge in [-0.3, -0.25) is 0 Å². The molecular formula is C3H2Bi2O. The van der Waals surface area contributed by atoms with Crippen LogP contribution in [0.1, 0.15) is 0 Å². The van der Waals surface area contributed by atoms with Gasteiger partial charge in [0.05, 0.1) is 0 Å². The molecule has 0 fully saturated rings. The van der Waals surface area contributed by atoms with Crippen molar-refractivity contribution in [3.05, 3.63) is 7.06 Å². The second kappa shape index (κ2) is 2.48. The molecule has 0 aromatic rings.